The van der Waals surface area contributed by atoms with Crippen molar-refractivity contribution in [1.29, 1.82) is 10.5 Å². The fourth-order valence-electron chi connectivity index (χ4n) is 0.696. The van der Waals surface area contributed by atoms with Crippen LogP contribution in [-0.4, -0.2) is 11.7 Å². The molecule has 0 spiro atoms. The van der Waals surface area contributed by atoms with E-state index in [1.807, 2.05) is 10.8 Å². The minimum absolute atomic E-state index is 0.176. The third kappa shape index (κ3) is 7.73. The molecule has 13 heavy (non-hydrogen) atoms. The van der Waals surface area contributed by atoms with Crippen molar-refractivity contribution < 1.29 is 5.11 Å². The van der Waals surface area contributed by atoms with Crippen molar-refractivity contribution in [2.24, 2.45) is 0 Å². The van der Waals surface area contributed by atoms with Crippen LogP contribution in [0.15, 0.2) is 10.3 Å². The van der Waals surface area contributed by atoms with Gasteiger partial charge in [-0.2, -0.15) is 10.5 Å². The highest BCUT2D eigenvalue weighted by molar-refractivity contribution is 8.10. The van der Waals surface area contributed by atoms with E-state index < -0.39 is 0 Å². The predicted molar refractivity (Wildman–Crippen MR) is 55.4 cm³/mol. The lowest BCUT2D eigenvalue weighted by Crippen LogP contribution is -1.83. The predicted octanol–water partition coefficient (Wildman–Crippen LogP) is 2.42. The maximum Gasteiger partial charge on any atom is 0.138 e. The number of thiocyanates is 2. The van der Waals surface area contributed by atoms with Gasteiger partial charge in [-0.15, -0.1) is 0 Å². The van der Waals surface area contributed by atoms with Crippen molar-refractivity contribution in [2.45, 2.75) is 19.3 Å². The van der Waals surface area contributed by atoms with Crippen LogP contribution in [0.4, 0.5) is 0 Å². The summed E-state index contributed by atoms with van der Waals surface area (Å²) in [4.78, 5) is 0.891. The summed E-state index contributed by atoms with van der Waals surface area (Å²) in [6.45, 7) is 0.176. The second kappa shape index (κ2) is 9.47. The molecule has 0 unspecified atom stereocenters. The molecule has 5 heteroatoms. The Hall–Kier alpha value is -0.620. The Kier molecular flexibility index (Phi) is 9.02. The molecule has 0 saturated carbocycles. The largest absolute Gasteiger partial charge is 0.396 e. The first-order valence-electron chi connectivity index (χ1n) is 3.75. The van der Waals surface area contributed by atoms with Gasteiger partial charge in [-0.3, -0.25) is 0 Å². The highest BCUT2D eigenvalue weighted by atomic mass is 32.2. The van der Waals surface area contributed by atoms with Crippen LogP contribution in [0.25, 0.3) is 0 Å². The van der Waals surface area contributed by atoms with Crippen LogP contribution in [0.3, 0.4) is 0 Å². The van der Waals surface area contributed by atoms with Gasteiger partial charge in [0.15, 0.2) is 0 Å². The van der Waals surface area contributed by atoms with E-state index in [2.05, 4.69) is 0 Å². The van der Waals surface area contributed by atoms with Crippen molar-refractivity contribution in [3.05, 3.63) is 10.3 Å². The number of unbranched alkanes of at least 4 members (excludes halogenated alkanes) is 1. The lowest BCUT2D eigenvalue weighted by Gasteiger charge is -1.99. The summed E-state index contributed by atoms with van der Waals surface area (Å²) in [6.07, 6.45) is 2.34. The quantitative estimate of drug-likeness (QED) is 0.543. The summed E-state index contributed by atoms with van der Waals surface area (Å²) in [5, 5.41) is 30.8. The standard InChI is InChI=1S/C8H10N2OS2/c9-6-12-5-8(13-7-10)3-1-2-4-11/h5,11H,1-4H2/b8-5+. The molecule has 0 heterocycles. The lowest BCUT2D eigenvalue weighted by molar-refractivity contribution is 0.285. The molecule has 1 N–H and O–H groups in total. The monoisotopic (exact) mass is 214 g/mol. The summed E-state index contributed by atoms with van der Waals surface area (Å²) in [5.41, 5.74) is 0. The van der Waals surface area contributed by atoms with Gasteiger partial charge < -0.3 is 5.11 Å². The minimum atomic E-state index is 0.176. The molecule has 0 atom stereocenters. The average molecular weight is 214 g/mol. The summed E-state index contributed by atoms with van der Waals surface area (Å²) < 4.78 is 0. The van der Waals surface area contributed by atoms with Crippen molar-refractivity contribution >= 4 is 23.5 Å². The number of nitrogens with zero attached hydrogens (tertiary/aromatic N) is 2. The van der Waals surface area contributed by atoms with Gasteiger partial charge in [0, 0.05) is 11.5 Å². The Bertz CT molecular complexity index is 240. The maximum absolute atomic E-state index is 8.54. The van der Waals surface area contributed by atoms with Gasteiger partial charge in [-0.1, -0.05) is 0 Å². The Morgan fingerprint density at radius 1 is 1.31 bits per heavy atom. The van der Waals surface area contributed by atoms with Crippen LogP contribution in [-0.2, 0) is 0 Å². The van der Waals surface area contributed by atoms with Crippen molar-refractivity contribution in [3.63, 3.8) is 0 Å². The van der Waals surface area contributed by atoms with Crippen LogP contribution >= 0.6 is 23.5 Å². The Labute approximate surface area is 86.4 Å². The van der Waals surface area contributed by atoms with E-state index in [1.165, 1.54) is 0 Å². The molecular formula is C8H10N2OS2. The van der Waals surface area contributed by atoms with Crippen LogP contribution in [0.1, 0.15) is 19.3 Å². The number of rotatable bonds is 6. The molecule has 0 aromatic carbocycles. The minimum Gasteiger partial charge on any atom is -0.396 e. The highest BCUT2D eigenvalue weighted by Gasteiger charge is 1.97. The number of hydrogen-bond acceptors (Lipinski definition) is 5. The molecule has 0 bridgehead atoms. The van der Waals surface area contributed by atoms with E-state index in [4.69, 9.17) is 15.6 Å². The molecule has 0 amide bonds. The topological polar surface area (TPSA) is 67.8 Å². The first-order chi connectivity index (χ1) is 6.35. The van der Waals surface area contributed by atoms with Crippen LogP contribution < -0.4 is 0 Å². The van der Waals surface area contributed by atoms with Gasteiger partial charge in [-0.25, -0.2) is 0 Å². The number of aliphatic hydroxyl groups is 1. The molecule has 0 aliphatic carbocycles. The highest BCUT2D eigenvalue weighted by Crippen LogP contribution is 2.23. The van der Waals surface area contributed by atoms with Crippen LogP contribution in [0, 0.1) is 21.3 Å². The van der Waals surface area contributed by atoms with E-state index >= 15 is 0 Å². The zero-order chi connectivity index (χ0) is 9.94. The molecule has 0 fully saturated rings. The molecule has 0 aromatic rings. The van der Waals surface area contributed by atoms with Gasteiger partial charge in [0.1, 0.15) is 10.8 Å². The van der Waals surface area contributed by atoms with E-state index in [1.54, 1.807) is 5.41 Å². The summed E-state index contributed by atoms with van der Waals surface area (Å²) in [5.74, 6) is 0. The van der Waals surface area contributed by atoms with E-state index in [0.29, 0.717) is 0 Å². The number of aliphatic hydroxyl groups excluding tert-OH is 1. The van der Waals surface area contributed by atoms with Crippen LogP contribution in [0.5, 0.6) is 0 Å². The van der Waals surface area contributed by atoms with Crippen LogP contribution in [0.2, 0.25) is 0 Å². The normalized spacial score (nSPS) is 10.5. The molecule has 0 radical (unpaired) electrons. The Morgan fingerprint density at radius 2 is 2.08 bits per heavy atom. The van der Waals surface area contributed by atoms with Crippen molar-refractivity contribution in [3.8, 4) is 10.8 Å². The summed E-state index contributed by atoms with van der Waals surface area (Å²) in [6, 6.07) is 0. The first-order valence-corrected chi connectivity index (χ1v) is 5.45. The molecular weight excluding hydrogens is 204 g/mol. The lowest BCUT2D eigenvalue weighted by atomic mass is 10.2. The Balaban J connectivity index is 3.82. The maximum atomic E-state index is 8.54. The zero-order valence-electron chi connectivity index (χ0n) is 7.06. The zero-order valence-corrected chi connectivity index (χ0v) is 8.70. The fourth-order valence-corrected chi connectivity index (χ4v) is 1.70. The Morgan fingerprint density at radius 3 is 2.62 bits per heavy atom. The summed E-state index contributed by atoms with van der Waals surface area (Å²) >= 11 is 2.10. The van der Waals surface area contributed by atoms with Gasteiger partial charge in [-0.05, 0) is 48.2 Å². The number of thioether (sulfide) groups is 2. The molecule has 0 aliphatic rings. The molecule has 0 saturated heterocycles. The van der Waals surface area contributed by atoms with Gasteiger partial charge >= 0.3 is 0 Å². The van der Waals surface area contributed by atoms with Gasteiger partial charge in [0.05, 0.1) is 0 Å². The average Bonchev–Trinajstić information content (AvgIpc) is 2.14. The second-order valence-corrected chi connectivity index (χ2v) is 3.73. The van der Waals surface area contributed by atoms with Gasteiger partial charge in [0.2, 0.25) is 0 Å². The first kappa shape index (κ1) is 12.4. The summed E-state index contributed by atoms with van der Waals surface area (Å²) in [7, 11) is 0. The van der Waals surface area contributed by atoms with Gasteiger partial charge in [0.25, 0.3) is 0 Å². The molecule has 0 rings (SSSR count). The third-order valence-corrected chi connectivity index (χ3v) is 2.58. The third-order valence-electron chi connectivity index (χ3n) is 1.25. The molecule has 70 valence electrons. The van der Waals surface area contributed by atoms with E-state index in [9.17, 15) is 0 Å². The van der Waals surface area contributed by atoms with E-state index in [-0.39, 0.29) is 6.61 Å². The van der Waals surface area contributed by atoms with Crippen molar-refractivity contribution in [1.82, 2.24) is 0 Å². The number of hydrogen-bond donors (Lipinski definition) is 1. The smallest absolute Gasteiger partial charge is 0.138 e. The second-order valence-electron chi connectivity index (χ2n) is 2.17. The molecule has 3 nitrogen and oxygen atoms in total. The number of nitriles is 2. The number of allylic oxidation sites excluding steroid dienone is 1. The van der Waals surface area contributed by atoms with E-state index in [0.717, 1.165) is 47.7 Å². The molecule has 0 aromatic heterocycles. The molecule has 0 aliphatic heterocycles. The van der Waals surface area contributed by atoms with Crippen molar-refractivity contribution in [2.75, 3.05) is 6.61 Å². The fraction of sp³-hybridized carbons (Fsp3) is 0.500. The SMILES string of the molecule is N#CS/C=C(\CCCCO)SC#N.